The highest BCUT2D eigenvalue weighted by Gasteiger charge is 2.08. The molecule has 324 valence electrons. The van der Waals surface area contributed by atoms with Crippen molar-refractivity contribution in [1.82, 2.24) is 4.90 Å². The fourth-order valence-corrected chi connectivity index (χ4v) is 7.29. The van der Waals surface area contributed by atoms with Gasteiger partial charge in [0.25, 0.3) is 0 Å². The van der Waals surface area contributed by atoms with Gasteiger partial charge < -0.3 is 19.5 Å². The number of nitrogens with zero attached hydrogens (tertiary/aromatic N) is 1. The maximum atomic E-state index is 12.5. The SMILES string of the molecule is CCCCCCCCCC/C(=C/C(=O)OCCCCCCN(CCCO)CCCCCCOC(=O)/C=C(\CCCC)CCCCCCCCCC)CCCC. The lowest BCUT2D eigenvalue weighted by atomic mass is 10.0. The van der Waals surface area contributed by atoms with Crippen molar-refractivity contribution >= 4 is 11.9 Å². The predicted molar refractivity (Wildman–Crippen MR) is 237 cm³/mol. The Morgan fingerprint density at radius 2 is 0.709 bits per heavy atom. The molecule has 0 spiro atoms. The van der Waals surface area contributed by atoms with Gasteiger partial charge in [0.05, 0.1) is 13.2 Å². The highest BCUT2D eigenvalue weighted by Crippen LogP contribution is 2.19. The molecule has 0 aromatic carbocycles. The van der Waals surface area contributed by atoms with E-state index in [1.54, 1.807) is 12.2 Å². The second-order valence-electron chi connectivity index (χ2n) is 16.3. The molecule has 0 atom stereocenters. The molecule has 0 fully saturated rings. The number of carbonyl (C=O) groups is 2. The van der Waals surface area contributed by atoms with Gasteiger partial charge >= 0.3 is 11.9 Å². The summed E-state index contributed by atoms with van der Waals surface area (Å²) in [4.78, 5) is 27.6. The van der Waals surface area contributed by atoms with Crippen molar-refractivity contribution in [1.29, 1.82) is 0 Å². The van der Waals surface area contributed by atoms with Crippen molar-refractivity contribution in [3.8, 4) is 0 Å². The number of unbranched alkanes of at least 4 members (excludes halogenated alkanes) is 22. The normalized spacial score (nSPS) is 12.2. The predicted octanol–water partition coefficient (Wildman–Crippen LogP) is 14.2. The van der Waals surface area contributed by atoms with E-state index in [0.29, 0.717) is 13.2 Å². The van der Waals surface area contributed by atoms with E-state index in [4.69, 9.17) is 9.47 Å². The fourth-order valence-electron chi connectivity index (χ4n) is 7.29. The number of hydrogen-bond acceptors (Lipinski definition) is 6. The monoisotopic (exact) mass is 776 g/mol. The van der Waals surface area contributed by atoms with Gasteiger partial charge in [0.2, 0.25) is 0 Å². The number of ether oxygens (including phenoxy) is 2. The lowest BCUT2D eigenvalue weighted by Gasteiger charge is -2.22. The van der Waals surface area contributed by atoms with Crippen LogP contribution in [-0.4, -0.2) is 61.4 Å². The second-order valence-corrected chi connectivity index (χ2v) is 16.3. The first kappa shape index (κ1) is 53.3. The molecule has 0 amide bonds. The first-order chi connectivity index (χ1) is 27.0. The Kier molecular flexibility index (Phi) is 42.2. The van der Waals surface area contributed by atoms with Gasteiger partial charge in [-0.05, 0) is 96.6 Å². The Morgan fingerprint density at radius 3 is 1.09 bits per heavy atom. The Bertz CT molecular complexity index is 832. The highest BCUT2D eigenvalue weighted by atomic mass is 16.5. The Morgan fingerprint density at radius 1 is 0.400 bits per heavy atom. The first-order valence-corrected chi connectivity index (χ1v) is 24.1. The molecule has 0 saturated heterocycles. The zero-order valence-electron chi connectivity index (χ0n) is 37.3. The molecule has 1 N–H and O–H groups in total. The van der Waals surface area contributed by atoms with Crippen LogP contribution in [0.4, 0.5) is 0 Å². The van der Waals surface area contributed by atoms with Crippen LogP contribution in [0, 0.1) is 0 Å². The molecular weight excluding hydrogens is 683 g/mol. The molecule has 0 aliphatic rings. The van der Waals surface area contributed by atoms with Gasteiger partial charge in [-0.15, -0.1) is 0 Å². The molecule has 0 aliphatic heterocycles. The van der Waals surface area contributed by atoms with Crippen LogP contribution in [0.25, 0.3) is 0 Å². The van der Waals surface area contributed by atoms with Crippen molar-refractivity contribution < 1.29 is 24.2 Å². The van der Waals surface area contributed by atoms with Crippen LogP contribution >= 0.6 is 0 Å². The van der Waals surface area contributed by atoms with Gasteiger partial charge in [-0.25, -0.2) is 9.59 Å². The second kappa shape index (κ2) is 43.5. The standard InChI is InChI=1S/C49H93NO5/c1-5-9-13-15-17-19-21-27-36-46(34-11-7-3)44-48(52)54-42-31-25-23-29-38-50(40-33-41-51)39-30-24-26-32-43-55-49(53)45-47(35-12-8-4)37-28-22-20-18-16-14-10-6-2/h44-45,51H,5-43H2,1-4H3/b46-44+,47-45+. The van der Waals surface area contributed by atoms with E-state index in [1.165, 1.54) is 114 Å². The fraction of sp³-hybridized carbons (Fsp3) is 0.878. The average molecular weight is 776 g/mol. The third-order valence-electron chi connectivity index (χ3n) is 10.9. The summed E-state index contributed by atoms with van der Waals surface area (Å²) in [6.07, 6.45) is 42.5. The van der Waals surface area contributed by atoms with Crippen molar-refractivity contribution in [2.75, 3.05) is 39.5 Å². The molecule has 0 rings (SSSR count). The molecule has 0 radical (unpaired) electrons. The summed E-state index contributed by atoms with van der Waals surface area (Å²) in [5.41, 5.74) is 2.54. The molecule has 6 nitrogen and oxygen atoms in total. The molecule has 0 heterocycles. The van der Waals surface area contributed by atoms with Gasteiger partial charge in [-0.3, -0.25) is 0 Å². The maximum Gasteiger partial charge on any atom is 0.330 e. The summed E-state index contributed by atoms with van der Waals surface area (Å²) in [6.45, 7) is 13.2. The van der Waals surface area contributed by atoms with Gasteiger partial charge in [0.15, 0.2) is 0 Å². The van der Waals surface area contributed by atoms with Crippen LogP contribution in [0.3, 0.4) is 0 Å². The van der Waals surface area contributed by atoms with Gasteiger partial charge in [0, 0.05) is 25.3 Å². The maximum absolute atomic E-state index is 12.5. The van der Waals surface area contributed by atoms with Crippen molar-refractivity contribution in [2.45, 2.75) is 240 Å². The van der Waals surface area contributed by atoms with Crippen LogP contribution < -0.4 is 0 Å². The minimum absolute atomic E-state index is 0.156. The molecule has 0 bridgehead atoms. The van der Waals surface area contributed by atoms with E-state index in [9.17, 15) is 14.7 Å². The van der Waals surface area contributed by atoms with Crippen molar-refractivity contribution in [2.24, 2.45) is 0 Å². The van der Waals surface area contributed by atoms with E-state index in [2.05, 4.69) is 32.6 Å². The number of hydrogen-bond donors (Lipinski definition) is 1. The Balaban J connectivity index is 4.21. The zero-order valence-corrected chi connectivity index (χ0v) is 37.3. The number of rotatable bonds is 43. The van der Waals surface area contributed by atoms with Crippen LogP contribution in [0.2, 0.25) is 0 Å². The first-order valence-electron chi connectivity index (χ1n) is 24.1. The van der Waals surface area contributed by atoms with Crippen LogP contribution in [0.15, 0.2) is 23.3 Å². The highest BCUT2D eigenvalue weighted by molar-refractivity contribution is 5.83. The van der Waals surface area contributed by atoms with Crippen molar-refractivity contribution in [3.05, 3.63) is 23.3 Å². The van der Waals surface area contributed by atoms with Crippen LogP contribution in [0.1, 0.15) is 240 Å². The molecule has 55 heavy (non-hydrogen) atoms. The van der Waals surface area contributed by atoms with Gasteiger partial charge in [-0.2, -0.15) is 0 Å². The quantitative estimate of drug-likeness (QED) is 0.0378. The van der Waals surface area contributed by atoms with E-state index in [0.717, 1.165) is 129 Å². The molecule has 0 saturated carbocycles. The number of carbonyl (C=O) groups excluding carboxylic acids is 2. The minimum atomic E-state index is -0.156. The molecule has 0 unspecified atom stereocenters. The lowest BCUT2D eigenvalue weighted by molar-refractivity contribution is -0.138. The molecule has 0 aliphatic carbocycles. The number of esters is 2. The van der Waals surface area contributed by atoms with Crippen LogP contribution in [-0.2, 0) is 19.1 Å². The summed E-state index contributed by atoms with van der Waals surface area (Å²) < 4.78 is 11.2. The molecule has 0 aromatic rings. The Hall–Kier alpha value is -1.66. The van der Waals surface area contributed by atoms with E-state index in [-0.39, 0.29) is 18.5 Å². The summed E-state index contributed by atoms with van der Waals surface area (Å²) >= 11 is 0. The zero-order chi connectivity index (χ0) is 40.3. The summed E-state index contributed by atoms with van der Waals surface area (Å²) in [7, 11) is 0. The minimum Gasteiger partial charge on any atom is -0.463 e. The van der Waals surface area contributed by atoms with Crippen LogP contribution in [0.5, 0.6) is 0 Å². The average Bonchev–Trinajstić information content (AvgIpc) is 3.18. The topological polar surface area (TPSA) is 76.1 Å². The molecule has 6 heteroatoms. The van der Waals surface area contributed by atoms with Gasteiger partial charge in [-0.1, -0.05) is 167 Å². The van der Waals surface area contributed by atoms with Crippen molar-refractivity contribution in [3.63, 3.8) is 0 Å². The third kappa shape index (κ3) is 39.0. The lowest BCUT2D eigenvalue weighted by Crippen LogP contribution is -2.28. The number of aliphatic hydroxyl groups excluding tert-OH is 1. The van der Waals surface area contributed by atoms with E-state index < -0.39 is 0 Å². The summed E-state index contributed by atoms with van der Waals surface area (Å²) in [6, 6.07) is 0. The largest absolute Gasteiger partial charge is 0.463 e. The third-order valence-corrected chi connectivity index (χ3v) is 10.9. The van der Waals surface area contributed by atoms with E-state index >= 15 is 0 Å². The van der Waals surface area contributed by atoms with E-state index in [1.807, 2.05) is 0 Å². The van der Waals surface area contributed by atoms with Gasteiger partial charge in [0.1, 0.15) is 0 Å². The molecule has 0 aromatic heterocycles. The number of allylic oxidation sites excluding steroid dienone is 2. The molecular formula is C49H93NO5. The Labute approximate surface area is 342 Å². The summed E-state index contributed by atoms with van der Waals surface area (Å²) in [5, 5.41) is 9.41. The summed E-state index contributed by atoms with van der Waals surface area (Å²) in [5.74, 6) is -0.312. The smallest absolute Gasteiger partial charge is 0.330 e. The number of aliphatic hydroxyl groups is 1.